The number of para-hydroxylation sites is 1. The molecule has 1 atom stereocenters. The third-order valence-corrected chi connectivity index (χ3v) is 3.41. The zero-order chi connectivity index (χ0) is 10.3. The largest absolute Gasteiger partial charge is 0.462 e. The van der Waals surface area contributed by atoms with Crippen LogP contribution < -0.4 is 4.74 Å². The lowest BCUT2D eigenvalue weighted by Crippen LogP contribution is -2.40. The molecule has 1 aliphatic heterocycles. The highest BCUT2D eigenvalue weighted by atomic mass is 16.7. The first-order valence-electron chi connectivity index (χ1n) is 5.75. The van der Waals surface area contributed by atoms with Crippen LogP contribution in [0.2, 0.25) is 0 Å². The molecule has 0 aromatic heterocycles. The predicted octanol–water partition coefficient (Wildman–Crippen LogP) is 3.43. The fourth-order valence-corrected chi connectivity index (χ4v) is 2.65. The van der Waals surface area contributed by atoms with Crippen molar-refractivity contribution in [3.05, 3.63) is 29.8 Å². The minimum atomic E-state index is -0.312. The van der Waals surface area contributed by atoms with Crippen LogP contribution >= 0.6 is 0 Å². The number of rotatable bonds is 0. The third kappa shape index (κ3) is 1.44. The van der Waals surface area contributed by atoms with Crippen molar-refractivity contribution < 1.29 is 9.47 Å². The maximum absolute atomic E-state index is 6.04. The standard InChI is InChI=1S/C13H16O2/c1-10-11-6-2-3-7-12(11)15-13(14-10)8-4-5-9-13/h2-3,6-7,10H,4-5,8-9H2,1H3/t10-/m0/s1. The maximum Gasteiger partial charge on any atom is 0.211 e. The van der Waals surface area contributed by atoms with Gasteiger partial charge in [-0.3, -0.25) is 0 Å². The van der Waals surface area contributed by atoms with Gasteiger partial charge in [-0.05, 0) is 25.8 Å². The molecule has 1 heterocycles. The van der Waals surface area contributed by atoms with Gasteiger partial charge in [0.25, 0.3) is 0 Å². The van der Waals surface area contributed by atoms with Gasteiger partial charge in [-0.2, -0.15) is 0 Å². The van der Waals surface area contributed by atoms with Crippen LogP contribution in [0.1, 0.15) is 44.3 Å². The number of hydrogen-bond acceptors (Lipinski definition) is 2. The van der Waals surface area contributed by atoms with Crippen LogP contribution in [0.25, 0.3) is 0 Å². The summed E-state index contributed by atoms with van der Waals surface area (Å²) in [5.74, 6) is 0.700. The summed E-state index contributed by atoms with van der Waals surface area (Å²) < 4.78 is 12.1. The van der Waals surface area contributed by atoms with Crippen LogP contribution in [0, 0.1) is 0 Å². The highest BCUT2D eigenvalue weighted by Gasteiger charge is 2.42. The highest BCUT2D eigenvalue weighted by Crippen LogP contribution is 2.45. The Labute approximate surface area is 90.2 Å². The number of fused-ring (bicyclic) bond motifs is 1. The molecule has 2 nitrogen and oxygen atoms in total. The summed E-state index contributed by atoms with van der Waals surface area (Å²) >= 11 is 0. The Hall–Kier alpha value is -1.02. The molecule has 2 aliphatic rings. The topological polar surface area (TPSA) is 18.5 Å². The molecule has 2 heteroatoms. The zero-order valence-corrected chi connectivity index (χ0v) is 9.03. The molecule has 1 fully saturated rings. The quantitative estimate of drug-likeness (QED) is 0.644. The van der Waals surface area contributed by atoms with E-state index in [2.05, 4.69) is 19.1 Å². The second-order valence-electron chi connectivity index (χ2n) is 4.52. The molecular weight excluding hydrogens is 188 g/mol. The van der Waals surface area contributed by atoms with Crippen molar-refractivity contribution in [1.82, 2.24) is 0 Å². The van der Waals surface area contributed by atoms with Crippen molar-refractivity contribution in [1.29, 1.82) is 0 Å². The first-order valence-corrected chi connectivity index (χ1v) is 5.75. The van der Waals surface area contributed by atoms with Crippen molar-refractivity contribution in [2.24, 2.45) is 0 Å². The molecule has 15 heavy (non-hydrogen) atoms. The monoisotopic (exact) mass is 204 g/mol. The summed E-state index contributed by atoms with van der Waals surface area (Å²) in [4.78, 5) is 0. The first-order chi connectivity index (χ1) is 7.29. The van der Waals surface area contributed by atoms with Gasteiger partial charge in [-0.25, -0.2) is 0 Å². The van der Waals surface area contributed by atoms with Crippen LogP contribution in [0.3, 0.4) is 0 Å². The average Bonchev–Trinajstić information content (AvgIpc) is 2.66. The zero-order valence-electron chi connectivity index (χ0n) is 9.03. The van der Waals surface area contributed by atoms with Crippen LogP contribution in [0.15, 0.2) is 24.3 Å². The number of hydrogen-bond donors (Lipinski definition) is 0. The molecule has 0 unspecified atom stereocenters. The Morgan fingerprint density at radius 2 is 1.93 bits per heavy atom. The SMILES string of the molecule is C[C@@H]1OC2(CCCC2)Oc2ccccc21. The van der Waals surface area contributed by atoms with Gasteiger partial charge in [0.05, 0.1) is 6.10 Å². The molecule has 0 N–H and O–H groups in total. The van der Waals surface area contributed by atoms with Gasteiger partial charge < -0.3 is 9.47 Å². The van der Waals surface area contributed by atoms with Gasteiger partial charge in [0, 0.05) is 18.4 Å². The molecule has 1 saturated carbocycles. The lowest BCUT2D eigenvalue weighted by atomic mass is 10.1. The Morgan fingerprint density at radius 1 is 1.20 bits per heavy atom. The van der Waals surface area contributed by atoms with Gasteiger partial charge in [-0.1, -0.05) is 18.2 Å². The predicted molar refractivity (Wildman–Crippen MR) is 57.8 cm³/mol. The van der Waals surface area contributed by atoms with Crippen LogP contribution in [0.4, 0.5) is 0 Å². The van der Waals surface area contributed by atoms with E-state index in [-0.39, 0.29) is 11.9 Å². The molecular formula is C13H16O2. The van der Waals surface area contributed by atoms with Gasteiger partial charge in [-0.15, -0.1) is 0 Å². The first kappa shape index (κ1) is 9.22. The summed E-state index contributed by atoms with van der Waals surface area (Å²) in [5.41, 5.74) is 1.18. The lowest BCUT2D eigenvalue weighted by molar-refractivity contribution is -0.221. The van der Waals surface area contributed by atoms with Crippen molar-refractivity contribution >= 4 is 0 Å². The summed E-state index contributed by atoms with van der Waals surface area (Å²) in [7, 11) is 0. The highest BCUT2D eigenvalue weighted by molar-refractivity contribution is 5.36. The van der Waals surface area contributed by atoms with E-state index in [0.29, 0.717) is 0 Å². The molecule has 1 spiro atoms. The van der Waals surface area contributed by atoms with Gasteiger partial charge in [0.1, 0.15) is 5.75 Å². The Kier molecular flexibility index (Phi) is 1.99. The molecule has 0 amide bonds. The average molecular weight is 204 g/mol. The van der Waals surface area contributed by atoms with Crippen molar-refractivity contribution in [2.45, 2.75) is 44.5 Å². The molecule has 80 valence electrons. The Morgan fingerprint density at radius 3 is 2.73 bits per heavy atom. The van der Waals surface area contributed by atoms with Gasteiger partial charge >= 0.3 is 0 Å². The second-order valence-corrected chi connectivity index (χ2v) is 4.52. The van der Waals surface area contributed by atoms with Crippen LogP contribution in [-0.2, 0) is 4.74 Å². The summed E-state index contributed by atoms with van der Waals surface area (Å²) in [6.45, 7) is 2.11. The number of benzene rings is 1. The van der Waals surface area contributed by atoms with E-state index in [9.17, 15) is 0 Å². The van der Waals surface area contributed by atoms with E-state index in [0.717, 1.165) is 18.6 Å². The van der Waals surface area contributed by atoms with E-state index < -0.39 is 0 Å². The summed E-state index contributed by atoms with van der Waals surface area (Å²) in [5, 5.41) is 0. The molecule has 1 aliphatic carbocycles. The van der Waals surface area contributed by atoms with E-state index in [1.54, 1.807) is 0 Å². The molecule has 0 bridgehead atoms. The number of ether oxygens (including phenoxy) is 2. The molecule has 0 saturated heterocycles. The minimum absolute atomic E-state index is 0.160. The van der Waals surface area contributed by atoms with E-state index in [1.807, 2.05) is 12.1 Å². The fraction of sp³-hybridized carbons (Fsp3) is 0.538. The molecule has 0 radical (unpaired) electrons. The molecule has 1 aromatic carbocycles. The minimum Gasteiger partial charge on any atom is -0.462 e. The van der Waals surface area contributed by atoms with Crippen LogP contribution in [0.5, 0.6) is 5.75 Å². The third-order valence-electron chi connectivity index (χ3n) is 3.41. The lowest BCUT2D eigenvalue weighted by Gasteiger charge is -2.38. The van der Waals surface area contributed by atoms with E-state index in [1.165, 1.54) is 18.4 Å². The van der Waals surface area contributed by atoms with E-state index >= 15 is 0 Å². The molecule has 1 aromatic rings. The van der Waals surface area contributed by atoms with E-state index in [4.69, 9.17) is 9.47 Å². The molecule has 3 rings (SSSR count). The fourth-order valence-electron chi connectivity index (χ4n) is 2.65. The Bertz CT molecular complexity index is 367. The summed E-state index contributed by atoms with van der Waals surface area (Å²) in [6.07, 6.45) is 4.66. The maximum atomic E-state index is 6.04. The van der Waals surface area contributed by atoms with Crippen molar-refractivity contribution in [2.75, 3.05) is 0 Å². The van der Waals surface area contributed by atoms with Crippen LogP contribution in [-0.4, -0.2) is 5.79 Å². The smallest absolute Gasteiger partial charge is 0.211 e. The Balaban J connectivity index is 1.98. The van der Waals surface area contributed by atoms with Gasteiger partial charge in [0.15, 0.2) is 0 Å². The summed E-state index contributed by atoms with van der Waals surface area (Å²) in [6, 6.07) is 8.20. The normalized spacial score (nSPS) is 27.4. The van der Waals surface area contributed by atoms with Crippen molar-refractivity contribution in [3.63, 3.8) is 0 Å². The van der Waals surface area contributed by atoms with Crippen molar-refractivity contribution in [3.8, 4) is 5.75 Å². The second kappa shape index (κ2) is 3.24. The van der Waals surface area contributed by atoms with Gasteiger partial charge in [0.2, 0.25) is 5.79 Å².